The third-order valence-corrected chi connectivity index (χ3v) is 1.35. The van der Waals surface area contributed by atoms with Crippen LogP contribution in [-0.4, -0.2) is 19.5 Å². The standard InChI is InChI=1S/C8H17NO3/c1-7(2)4-3-5-11-8(10)12-6-9/h7H,3-6,9H2,1-2H3. The molecule has 4 nitrogen and oxygen atoms in total. The zero-order chi connectivity index (χ0) is 9.40. The van der Waals surface area contributed by atoms with Gasteiger partial charge in [0.15, 0.2) is 0 Å². The minimum Gasteiger partial charge on any atom is -0.434 e. The molecule has 0 aliphatic rings. The monoisotopic (exact) mass is 175 g/mol. The number of hydrogen-bond acceptors (Lipinski definition) is 4. The number of ether oxygens (including phenoxy) is 2. The molecule has 2 N–H and O–H groups in total. The first-order valence-electron chi connectivity index (χ1n) is 4.16. The highest BCUT2D eigenvalue weighted by atomic mass is 16.7. The van der Waals surface area contributed by atoms with Gasteiger partial charge in [-0.3, -0.25) is 5.73 Å². The van der Waals surface area contributed by atoms with E-state index in [4.69, 9.17) is 10.5 Å². The molecular formula is C8H17NO3. The van der Waals surface area contributed by atoms with Crippen LogP contribution in [0.5, 0.6) is 0 Å². The van der Waals surface area contributed by atoms with Gasteiger partial charge in [0.2, 0.25) is 0 Å². The van der Waals surface area contributed by atoms with Gasteiger partial charge in [0.05, 0.1) is 6.61 Å². The van der Waals surface area contributed by atoms with Crippen LogP contribution in [0.3, 0.4) is 0 Å². The number of nitrogens with two attached hydrogens (primary N) is 1. The summed E-state index contributed by atoms with van der Waals surface area (Å²) < 4.78 is 9.06. The topological polar surface area (TPSA) is 61.5 Å². The molecule has 0 rings (SSSR count). The Morgan fingerprint density at radius 2 is 2.08 bits per heavy atom. The van der Waals surface area contributed by atoms with Gasteiger partial charge < -0.3 is 9.47 Å². The molecule has 0 heterocycles. The fourth-order valence-corrected chi connectivity index (χ4v) is 0.757. The molecular weight excluding hydrogens is 158 g/mol. The predicted molar refractivity (Wildman–Crippen MR) is 45.6 cm³/mol. The number of hydrogen-bond donors (Lipinski definition) is 1. The van der Waals surface area contributed by atoms with Gasteiger partial charge in [0, 0.05) is 0 Å². The molecule has 72 valence electrons. The Labute approximate surface area is 73.0 Å². The third kappa shape index (κ3) is 7.34. The van der Waals surface area contributed by atoms with E-state index in [0.717, 1.165) is 12.8 Å². The van der Waals surface area contributed by atoms with Crippen molar-refractivity contribution < 1.29 is 14.3 Å². The zero-order valence-electron chi connectivity index (χ0n) is 7.71. The third-order valence-electron chi connectivity index (χ3n) is 1.35. The summed E-state index contributed by atoms with van der Waals surface area (Å²) in [6.45, 7) is 4.54. The summed E-state index contributed by atoms with van der Waals surface area (Å²) in [5.41, 5.74) is 4.96. The summed E-state index contributed by atoms with van der Waals surface area (Å²) in [6.07, 6.45) is 1.24. The highest BCUT2D eigenvalue weighted by molar-refractivity contribution is 5.59. The summed E-state index contributed by atoms with van der Waals surface area (Å²) in [7, 11) is 0. The highest BCUT2D eigenvalue weighted by Crippen LogP contribution is 2.03. The molecule has 0 saturated heterocycles. The normalized spacial score (nSPS) is 10.0. The van der Waals surface area contributed by atoms with E-state index in [9.17, 15) is 4.79 Å². The fourth-order valence-electron chi connectivity index (χ4n) is 0.757. The molecule has 0 aromatic heterocycles. The van der Waals surface area contributed by atoms with E-state index in [0.29, 0.717) is 12.5 Å². The maximum Gasteiger partial charge on any atom is 0.509 e. The minimum absolute atomic E-state index is 0.122. The molecule has 0 amide bonds. The first-order valence-corrected chi connectivity index (χ1v) is 4.16. The van der Waals surface area contributed by atoms with Crippen molar-refractivity contribution in [3.05, 3.63) is 0 Å². The van der Waals surface area contributed by atoms with E-state index in [1.54, 1.807) is 0 Å². The first-order chi connectivity index (χ1) is 5.66. The predicted octanol–water partition coefficient (Wildman–Crippen LogP) is 1.49. The van der Waals surface area contributed by atoms with Crippen LogP contribution in [0.25, 0.3) is 0 Å². The lowest BCUT2D eigenvalue weighted by Gasteiger charge is -2.05. The molecule has 0 aliphatic carbocycles. The Morgan fingerprint density at radius 3 is 2.58 bits per heavy atom. The Hall–Kier alpha value is -0.770. The van der Waals surface area contributed by atoms with Crippen LogP contribution < -0.4 is 5.73 Å². The highest BCUT2D eigenvalue weighted by Gasteiger charge is 2.01. The van der Waals surface area contributed by atoms with Crippen molar-refractivity contribution in [2.45, 2.75) is 26.7 Å². The zero-order valence-corrected chi connectivity index (χ0v) is 7.71. The Kier molecular flexibility index (Phi) is 6.47. The van der Waals surface area contributed by atoms with Gasteiger partial charge in [-0.25, -0.2) is 4.79 Å². The summed E-state index contributed by atoms with van der Waals surface area (Å²) in [5.74, 6) is 0.638. The van der Waals surface area contributed by atoms with Gasteiger partial charge in [0.25, 0.3) is 0 Å². The van der Waals surface area contributed by atoms with Crippen molar-refractivity contribution >= 4 is 6.16 Å². The second-order valence-corrected chi connectivity index (χ2v) is 2.95. The van der Waals surface area contributed by atoms with Crippen LogP contribution in [0.1, 0.15) is 26.7 Å². The first kappa shape index (κ1) is 11.2. The lowest BCUT2D eigenvalue weighted by molar-refractivity contribution is 0.0554. The van der Waals surface area contributed by atoms with Crippen molar-refractivity contribution in [2.75, 3.05) is 13.3 Å². The van der Waals surface area contributed by atoms with Crippen LogP contribution in [0, 0.1) is 5.92 Å². The summed E-state index contributed by atoms with van der Waals surface area (Å²) in [4.78, 5) is 10.6. The van der Waals surface area contributed by atoms with Crippen molar-refractivity contribution in [1.82, 2.24) is 0 Å². The number of carbonyl (C=O) groups excluding carboxylic acids is 1. The van der Waals surface area contributed by atoms with Gasteiger partial charge >= 0.3 is 6.16 Å². The van der Waals surface area contributed by atoms with Crippen molar-refractivity contribution in [2.24, 2.45) is 11.7 Å². The van der Waals surface area contributed by atoms with Crippen LogP contribution in [0.15, 0.2) is 0 Å². The summed E-state index contributed by atoms with van der Waals surface area (Å²) in [5, 5.41) is 0. The van der Waals surface area contributed by atoms with Crippen LogP contribution in [0.4, 0.5) is 4.79 Å². The van der Waals surface area contributed by atoms with Gasteiger partial charge in [-0.05, 0) is 18.8 Å². The molecule has 0 aliphatic heterocycles. The molecule has 0 saturated carbocycles. The average molecular weight is 175 g/mol. The van der Waals surface area contributed by atoms with E-state index in [1.807, 2.05) is 0 Å². The second kappa shape index (κ2) is 6.91. The Bertz CT molecular complexity index is 125. The van der Waals surface area contributed by atoms with Crippen molar-refractivity contribution in [3.8, 4) is 0 Å². The van der Waals surface area contributed by atoms with E-state index in [2.05, 4.69) is 18.6 Å². The average Bonchev–Trinajstić information content (AvgIpc) is 1.98. The lowest BCUT2D eigenvalue weighted by Crippen LogP contribution is -2.14. The minimum atomic E-state index is -0.679. The molecule has 0 aromatic rings. The fraction of sp³-hybridized carbons (Fsp3) is 0.875. The maximum absolute atomic E-state index is 10.6. The van der Waals surface area contributed by atoms with Crippen LogP contribution in [0.2, 0.25) is 0 Å². The van der Waals surface area contributed by atoms with E-state index >= 15 is 0 Å². The largest absolute Gasteiger partial charge is 0.509 e. The molecule has 0 unspecified atom stereocenters. The molecule has 0 spiro atoms. The molecule has 0 atom stereocenters. The van der Waals surface area contributed by atoms with Gasteiger partial charge in [-0.15, -0.1) is 0 Å². The quantitative estimate of drug-likeness (QED) is 0.390. The molecule has 12 heavy (non-hydrogen) atoms. The van der Waals surface area contributed by atoms with Crippen LogP contribution >= 0.6 is 0 Å². The van der Waals surface area contributed by atoms with Gasteiger partial charge in [0.1, 0.15) is 6.73 Å². The second-order valence-electron chi connectivity index (χ2n) is 2.95. The van der Waals surface area contributed by atoms with E-state index in [1.165, 1.54) is 0 Å². The van der Waals surface area contributed by atoms with Crippen molar-refractivity contribution in [1.29, 1.82) is 0 Å². The number of rotatable bonds is 5. The molecule has 0 radical (unpaired) electrons. The van der Waals surface area contributed by atoms with Gasteiger partial charge in [-0.2, -0.15) is 0 Å². The number of carbonyl (C=O) groups is 1. The Balaban J connectivity index is 3.14. The van der Waals surface area contributed by atoms with Crippen molar-refractivity contribution in [3.63, 3.8) is 0 Å². The van der Waals surface area contributed by atoms with E-state index < -0.39 is 6.16 Å². The lowest BCUT2D eigenvalue weighted by atomic mass is 10.1. The molecule has 4 heteroatoms. The smallest absolute Gasteiger partial charge is 0.434 e. The maximum atomic E-state index is 10.6. The van der Waals surface area contributed by atoms with Crippen LogP contribution in [-0.2, 0) is 9.47 Å². The molecule has 0 fully saturated rings. The van der Waals surface area contributed by atoms with Gasteiger partial charge in [-0.1, -0.05) is 13.8 Å². The summed E-state index contributed by atoms with van der Waals surface area (Å²) >= 11 is 0. The molecule has 0 bridgehead atoms. The Morgan fingerprint density at radius 1 is 1.42 bits per heavy atom. The SMILES string of the molecule is CC(C)CCCOC(=O)OCN. The molecule has 0 aromatic carbocycles. The van der Waals surface area contributed by atoms with E-state index in [-0.39, 0.29) is 6.73 Å². The summed E-state index contributed by atoms with van der Waals surface area (Å²) in [6, 6.07) is 0.